The summed E-state index contributed by atoms with van der Waals surface area (Å²) in [5.41, 5.74) is 3.25. The van der Waals surface area contributed by atoms with E-state index in [1.807, 2.05) is 39.0 Å². The Morgan fingerprint density at radius 3 is 2.33 bits per heavy atom. The summed E-state index contributed by atoms with van der Waals surface area (Å²) in [5, 5.41) is 3.38. The summed E-state index contributed by atoms with van der Waals surface area (Å²) in [5.74, 6) is -0.218. The van der Waals surface area contributed by atoms with E-state index in [4.69, 9.17) is 11.6 Å². The van der Waals surface area contributed by atoms with E-state index in [0.717, 1.165) is 25.6 Å². The first-order valence-electron chi connectivity index (χ1n) is 10.5. The Hall–Kier alpha value is -2.19. The van der Waals surface area contributed by atoms with Gasteiger partial charge in [0.2, 0.25) is 15.9 Å². The normalized spacial score (nSPS) is 11.7. The number of para-hydroxylation sites is 1. The Labute approximate surface area is 209 Å². The van der Waals surface area contributed by atoms with Gasteiger partial charge in [-0.25, -0.2) is 8.42 Å². The minimum Gasteiger partial charge on any atom is -0.324 e. The minimum atomic E-state index is -3.96. The Morgan fingerprint density at radius 1 is 1.03 bits per heavy atom. The standard InChI is InChI=1S/C25H26BrClN2O3S/c1-17(2)22-9-6-7-18(3)25(22)28-24(30)16-29(15-19-8-4-5-10-23(19)27)33(31,32)21-13-11-20(26)12-14-21/h4-14,17H,15-16H2,1-3H3,(H,28,30). The Kier molecular flexibility index (Phi) is 8.34. The predicted octanol–water partition coefficient (Wildman–Crippen LogP) is 6.36. The third kappa shape index (κ3) is 6.23. The van der Waals surface area contributed by atoms with Crippen molar-refractivity contribution in [3.63, 3.8) is 0 Å². The van der Waals surface area contributed by atoms with Crippen LogP contribution >= 0.6 is 27.5 Å². The summed E-state index contributed by atoms with van der Waals surface area (Å²) < 4.78 is 28.9. The van der Waals surface area contributed by atoms with Crippen molar-refractivity contribution in [3.8, 4) is 0 Å². The molecule has 0 unspecified atom stereocenters. The molecule has 3 rings (SSSR count). The number of benzene rings is 3. The molecule has 0 radical (unpaired) electrons. The summed E-state index contributed by atoms with van der Waals surface area (Å²) in [4.78, 5) is 13.2. The zero-order valence-electron chi connectivity index (χ0n) is 18.7. The van der Waals surface area contributed by atoms with Crippen LogP contribution in [-0.2, 0) is 21.4 Å². The van der Waals surface area contributed by atoms with Gasteiger partial charge in [0.1, 0.15) is 0 Å². The molecule has 0 saturated carbocycles. The molecule has 33 heavy (non-hydrogen) atoms. The smallest absolute Gasteiger partial charge is 0.243 e. The van der Waals surface area contributed by atoms with Crippen LogP contribution in [0.3, 0.4) is 0 Å². The third-order valence-electron chi connectivity index (χ3n) is 5.27. The van der Waals surface area contributed by atoms with Crippen LogP contribution in [0.4, 0.5) is 5.69 Å². The largest absolute Gasteiger partial charge is 0.324 e. The molecular formula is C25H26BrClN2O3S. The highest BCUT2D eigenvalue weighted by Crippen LogP contribution is 2.28. The van der Waals surface area contributed by atoms with E-state index in [1.54, 1.807) is 36.4 Å². The summed E-state index contributed by atoms with van der Waals surface area (Å²) in [7, 11) is -3.96. The molecular weight excluding hydrogens is 524 g/mol. The number of anilines is 1. The Bertz CT molecular complexity index is 1240. The Balaban J connectivity index is 1.94. The molecule has 0 atom stereocenters. The van der Waals surface area contributed by atoms with Crippen LogP contribution in [0.25, 0.3) is 0 Å². The maximum absolute atomic E-state index is 13.5. The molecule has 3 aromatic carbocycles. The Morgan fingerprint density at radius 2 is 1.70 bits per heavy atom. The fourth-order valence-electron chi connectivity index (χ4n) is 3.48. The lowest BCUT2D eigenvalue weighted by molar-refractivity contribution is -0.116. The van der Waals surface area contributed by atoms with Gasteiger partial charge in [0.25, 0.3) is 0 Å². The van der Waals surface area contributed by atoms with Crippen molar-refractivity contribution in [1.29, 1.82) is 0 Å². The summed E-state index contributed by atoms with van der Waals surface area (Å²) >= 11 is 9.62. The number of nitrogens with one attached hydrogen (secondary N) is 1. The van der Waals surface area contributed by atoms with Gasteiger partial charge in [-0.2, -0.15) is 4.31 Å². The van der Waals surface area contributed by atoms with Crippen molar-refractivity contribution in [3.05, 3.63) is 92.9 Å². The number of halogens is 2. The summed E-state index contributed by atoms with van der Waals surface area (Å²) in [6, 6.07) is 19.2. The first kappa shape index (κ1) is 25.4. The van der Waals surface area contributed by atoms with Crippen molar-refractivity contribution in [2.45, 2.75) is 38.1 Å². The van der Waals surface area contributed by atoms with Gasteiger partial charge in [0.15, 0.2) is 0 Å². The van der Waals surface area contributed by atoms with Crippen LogP contribution in [-0.4, -0.2) is 25.2 Å². The van der Waals surface area contributed by atoms with Gasteiger partial charge in [0.05, 0.1) is 11.4 Å². The highest BCUT2D eigenvalue weighted by atomic mass is 79.9. The highest BCUT2D eigenvalue weighted by Gasteiger charge is 2.28. The fourth-order valence-corrected chi connectivity index (χ4v) is 5.31. The van der Waals surface area contributed by atoms with Crippen LogP contribution in [0.1, 0.15) is 36.5 Å². The SMILES string of the molecule is Cc1cccc(C(C)C)c1NC(=O)CN(Cc1ccccc1Cl)S(=O)(=O)c1ccc(Br)cc1. The van der Waals surface area contributed by atoms with Crippen molar-refractivity contribution >= 4 is 49.1 Å². The number of carbonyl (C=O) groups is 1. The van der Waals surface area contributed by atoms with E-state index in [9.17, 15) is 13.2 Å². The number of carbonyl (C=O) groups excluding carboxylic acids is 1. The van der Waals surface area contributed by atoms with Crippen molar-refractivity contribution in [2.24, 2.45) is 0 Å². The quantitative estimate of drug-likeness (QED) is 0.355. The zero-order valence-corrected chi connectivity index (χ0v) is 21.8. The van der Waals surface area contributed by atoms with Gasteiger partial charge in [-0.1, -0.05) is 77.8 Å². The molecule has 0 bridgehead atoms. The summed E-state index contributed by atoms with van der Waals surface area (Å²) in [6.45, 7) is 5.63. The molecule has 1 amide bonds. The lowest BCUT2D eigenvalue weighted by Gasteiger charge is -2.23. The third-order valence-corrected chi connectivity index (χ3v) is 7.97. The molecule has 0 heterocycles. The molecule has 0 aromatic heterocycles. The van der Waals surface area contributed by atoms with Crippen molar-refractivity contribution in [1.82, 2.24) is 4.31 Å². The van der Waals surface area contributed by atoms with Crippen molar-refractivity contribution in [2.75, 3.05) is 11.9 Å². The lowest BCUT2D eigenvalue weighted by Crippen LogP contribution is -2.37. The molecule has 0 spiro atoms. The van der Waals surface area contributed by atoms with E-state index in [2.05, 4.69) is 21.2 Å². The van der Waals surface area contributed by atoms with Crippen LogP contribution in [0, 0.1) is 6.92 Å². The fraction of sp³-hybridized carbons (Fsp3) is 0.240. The number of hydrogen-bond donors (Lipinski definition) is 1. The molecule has 0 aliphatic carbocycles. The number of hydrogen-bond acceptors (Lipinski definition) is 3. The molecule has 174 valence electrons. The summed E-state index contributed by atoms with van der Waals surface area (Å²) in [6.07, 6.45) is 0. The van der Waals surface area contributed by atoms with Gasteiger partial charge in [-0.05, 0) is 59.9 Å². The van der Waals surface area contributed by atoms with Crippen LogP contribution in [0.5, 0.6) is 0 Å². The van der Waals surface area contributed by atoms with Gasteiger partial charge in [-0.3, -0.25) is 4.79 Å². The average molecular weight is 550 g/mol. The first-order chi connectivity index (χ1) is 15.6. The average Bonchev–Trinajstić information content (AvgIpc) is 2.76. The predicted molar refractivity (Wildman–Crippen MR) is 137 cm³/mol. The monoisotopic (exact) mass is 548 g/mol. The van der Waals surface area contributed by atoms with E-state index in [0.29, 0.717) is 10.6 Å². The van der Waals surface area contributed by atoms with Crippen LogP contribution in [0.2, 0.25) is 5.02 Å². The van der Waals surface area contributed by atoms with Crippen molar-refractivity contribution < 1.29 is 13.2 Å². The number of sulfonamides is 1. The molecule has 1 N–H and O–H groups in total. The number of rotatable bonds is 8. The maximum atomic E-state index is 13.5. The van der Waals surface area contributed by atoms with E-state index >= 15 is 0 Å². The van der Waals surface area contributed by atoms with Crippen LogP contribution < -0.4 is 5.32 Å². The number of nitrogens with zero attached hydrogens (tertiary/aromatic N) is 1. The molecule has 5 nitrogen and oxygen atoms in total. The second-order valence-electron chi connectivity index (χ2n) is 8.06. The first-order valence-corrected chi connectivity index (χ1v) is 13.1. The molecule has 8 heteroatoms. The molecule has 0 fully saturated rings. The second-order valence-corrected chi connectivity index (χ2v) is 11.3. The minimum absolute atomic E-state index is 0.0314. The van der Waals surface area contributed by atoms with Gasteiger partial charge in [-0.15, -0.1) is 0 Å². The van der Waals surface area contributed by atoms with E-state index in [1.165, 1.54) is 12.1 Å². The highest BCUT2D eigenvalue weighted by molar-refractivity contribution is 9.10. The number of amides is 1. The maximum Gasteiger partial charge on any atom is 0.243 e. The van der Waals surface area contributed by atoms with E-state index in [-0.39, 0.29) is 23.9 Å². The number of aryl methyl sites for hydroxylation is 1. The second kappa shape index (κ2) is 10.8. The van der Waals surface area contributed by atoms with Crippen LogP contribution in [0.15, 0.2) is 76.1 Å². The van der Waals surface area contributed by atoms with Gasteiger partial charge >= 0.3 is 0 Å². The zero-order chi connectivity index (χ0) is 24.2. The van der Waals surface area contributed by atoms with Gasteiger partial charge < -0.3 is 5.32 Å². The molecule has 0 aliphatic rings. The molecule has 3 aromatic rings. The lowest BCUT2D eigenvalue weighted by atomic mass is 9.98. The molecule has 0 aliphatic heterocycles. The van der Waals surface area contributed by atoms with Gasteiger partial charge in [0, 0.05) is 21.7 Å². The topological polar surface area (TPSA) is 66.5 Å². The van der Waals surface area contributed by atoms with E-state index < -0.39 is 15.9 Å². The molecule has 0 saturated heterocycles.